The van der Waals surface area contributed by atoms with E-state index in [4.69, 9.17) is 14.7 Å². The fraction of sp³-hybridized carbons (Fsp3) is 0.383. The van der Waals surface area contributed by atoms with Crippen molar-refractivity contribution in [3.05, 3.63) is 108 Å². The number of fused-ring (bicyclic) bond motifs is 3. The highest BCUT2D eigenvalue weighted by Crippen LogP contribution is 2.41. The summed E-state index contributed by atoms with van der Waals surface area (Å²) in [6.07, 6.45) is 4.43. The van der Waals surface area contributed by atoms with Crippen molar-refractivity contribution in [1.82, 2.24) is 40.0 Å². The summed E-state index contributed by atoms with van der Waals surface area (Å²) in [4.78, 5) is 62.8. The lowest BCUT2D eigenvalue weighted by atomic mass is 9.98. The van der Waals surface area contributed by atoms with Crippen LogP contribution in [-0.2, 0) is 20.9 Å². The zero-order valence-corrected chi connectivity index (χ0v) is 34.2. The number of carbonyl (C=O) groups is 3. The number of H-pyrrole nitrogens is 2. The molecule has 2 aromatic heterocycles. The third-order valence-corrected chi connectivity index (χ3v) is 12.7. The molecule has 5 atom stereocenters. The number of aromatic nitrogens is 4. The number of aromatic amines is 2. The molecule has 0 radical (unpaired) electrons. The van der Waals surface area contributed by atoms with E-state index in [-0.39, 0.29) is 41.9 Å². The van der Waals surface area contributed by atoms with Crippen molar-refractivity contribution in [3.8, 4) is 22.3 Å². The average Bonchev–Trinajstić information content (AvgIpc) is 4.07. The first-order chi connectivity index (χ1) is 28.6. The molecule has 5 heterocycles. The van der Waals surface area contributed by atoms with Crippen LogP contribution in [0.4, 0.5) is 4.79 Å². The van der Waals surface area contributed by atoms with Crippen LogP contribution in [0.5, 0.6) is 0 Å². The van der Waals surface area contributed by atoms with Gasteiger partial charge in [0, 0.05) is 19.1 Å². The van der Waals surface area contributed by atoms with Gasteiger partial charge in [-0.05, 0) is 104 Å². The summed E-state index contributed by atoms with van der Waals surface area (Å²) < 4.78 is 4.76. The maximum Gasteiger partial charge on any atom is 0.407 e. The van der Waals surface area contributed by atoms with Gasteiger partial charge in [0.1, 0.15) is 17.7 Å². The van der Waals surface area contributed by atoms with Gasteiger partial charge in [-0.2, -0.15) is 0 Å². The van der Waals surface area contributed by atoms with Crippen LogP contribution in [0.3, 0.4) is 0 Å². The van der Waals surface area contributed by atoms with Crippen LogP contribution >= 0.6 is 0 Å². The molecule has 0 bridgehead atoms. The smallest absolute Gasteiger partial charge is 0.407 e. The molecule has 3 aliphatic rings. The van der Waals surface area contributed by atoms with Gasteiger partial charge in [0.15, 0.2) is 0 Å². The fourth-order valence-electron chi connectivity index (χ4n) is 9.79. The Labute approximate surface area is 344 Å². The van der Waals surface area contributed by atoms with Crippen LogP contribution < -0.4 is 5.32 Å². The lowest BCUT2D eigenvalue weighted by Crippen LogP contribution is -2.54. The van der Waals surface area contributed by atoms with E-state index in [1.54, 1.807) is 0 Å². The number of likely N-dealkylation sites (tertiary alicyclic amines) is 1. The van der Waals surface area contributed by atoms with Crippen molar-refractivity contribution in [2.24, 2.45) is 5.92 Å². The highest BCUT2D eigenvalue weighted by atomic mass is 16.5. The number of carbonyl (C=O) groups excluding carboxylic acids is 3. The van der Waals surface area contributed by atoms with Crippen LogP contribution in [0.25, 0.3) is 44.3 Å². The zero-order valence-electron chi connectivity index (χ0n) is 34.2. The fourth-order valence-corrected chi connectivity index (χ4v) is 9.79. The van der Waals surface area contributed by atoms with Crippen LogP contribution in [0, 0.1) is 5.92 Å². The first kappa shape index (κ1) is 38.5. The van der Waals surface area contributed by atoms with Gasteiger partial charge in [0.25, 0.3) is 0 Å². The van der Waals surface area contributed by atoms with Crippen molar-refractivity contribution in [2.75, 3.05) is 20.7 Å². The molecule has 9 rings (SSSR count). The number of benzene rings is 4. The molecule has 3 amide bonds. The summed E-state index contributed by atoms with van der Waals surface area (Å²) in [6, 6.07) is 30.5. The standard InChI is InChI=1S/C47H52N8O4/c1-28(2)42(53(3)27-29-9-6-5-7-10-29)46(57)54-24-8-11-40(54)43-48-35-20-16-32(25-38(35)50-43)30-12-14-31(15-13-30)33-17-21-36-39(26-33)51-44(49-36)41-23-19-34-18-22-37(45(56)55(34)41)52-47(58)59-4/h5-7,9-10,12-17,20-21,25-26,28,34,37,40-42H,8,11,18-19,22-24,27H2,1-4H3,(H,48,50)(H,49,51)(H,52,58)/t34-,37-,40-,41-,42-/m0/s1. The predicted octanol–water partition coefficient (Wildman–Crippen LogP) is 8.14. The Hall–Kier alpha value is -6.01. The molecule has 0 spiro atoms. The van der Waals surface area contributed by atoms with E-state index in [1.807, 2.05) is 34.1 Å². The molecule has 0 aliphatic carbocycles. The van der Waals surface area contributed by atoms with Crippen molar-refractivity contribution >= 4 is 40.0 Å². The van der Waals surface area contributed by atoms with E-state index >= 15 is 0 Å². The van der Waals surface area contributed by atoms with Gasteiger partial charge in [-0.1, -0.05) is 80.6 Å². The van der Waals surface area contributed by atoms with Crippen molar-refractivity contribution in [1.29, 1.82) is 0 Å². The molecular weight excluding hydrogens is 741 g/mol. The van der Waals surface area contributed by atoms with Gasteiger partial charge < -0.3 is 29.8 Å². The van der Waals surface area contributed by atoms with E-state index < -0.39 is 12.1 Å². The van der Waals surface area contributed by atoms with Crippen molar-refractivity contribution < 1.29 is 19.1 Å². The van der Waals surface area contributed by atoms with Gasteiger partial charge in [-0.15, -0.1) is 0 Å². The number of ether oxygens (including phenoxy) is 1. The van der Waals surface area contributed by atoms with Crippen LogP contribution in [0.1, 0.15) is 81.7 Å². The predicted molar refractivity (Wildman–Crippen MR) is 228 cm³/mol. The molecule has 3 aliphatic heterocycles. The molecule has 12 nitrogen and oxygen atoms in total. The van der Waals surface area contributed by atoms with Gasteiger partial charge in [0.2, 0.25) is 11.8 Å². The Morgan fingerprint density at radius 2 is 1.39 bits per heavy atom. The van der Waals surface area contributed by atoms with E-state index in [1.165, 1.54) is 12.7 Å². The number of rotatable bonds is 10. The number of hydrogen-bond donors (Lipinski definition) is 3. The summed E-state index contributed by atoms with van der Waals surface area (Å²) in [5.41, 5.74) is 9.14. The quantitative estimate of drug-likeness (QED) is 0.127. The third-order valence-electron chi connectivity index (χ3n) is 12.7. The summed E-state index contributed by atoms with van der Waals surface area (Å²) in [6.45, 7) is 5.71. The van der Waals surface area contributed by atoms with E-state index in [9.17, 15) is 14.4 Å². The van der Waals surface area contributed by atoms with Crippen molar-refractivity contribution in [3.63, 3.8) is 0 Å². The largest absolute Gasteiger partial charge is 0.453 e. The van der Waals surface area contributed by atoms with Gasteiger partial charge in [-0.25, -0.2) is 14.8 Å². The van der Waals surface area contributed by atoms with Gasteiger partial charge in [0.05, 0.1) is 47.3 Å². The minimum Gasteiger partial charge on any atom is -0.453 e. The second kappa shape index (κ2) is 16.0. The number of amides is 3. The minimum atomic E-state index is -0.588. The van der Waals surface area contributed by atoms with Crippen molar-refractivity contribution in [2.45, 2.75) is 89.1 Å². The maximum absolute atomic E-state index is 14.2. The summed E-state index contributed by atoms with van der Waals surface area (Å²) >= 11 is 0. The first-order valence-electron chi connectivity index (χ1n) is 21.0. The van der Waals surface area contributed by atoms with E-state index in [2.05, 4.69) is 108 Å². The molecule has 304 valence electrons. The SMILES string of the molecule is COC(=O)N[C@H]1CC[C@H]2CC[C@@H](c3nc4ccc(-c5ccc(-c6ccc7nc([C@@H]8CCCN8C(=O)[C@H](C(C)C)N(C)Cc8ccccc8)[nH]c7c6)cc5)cc4[nH]3)N2C1=O. The van der Waals surface area contributed by atoms with Crippen LogP contribution in [0.2, 0.25) is 0 Å². The van der Waals surface area contributed by atoms with E-state index in [0.717, 1.165) is 94.6 Å². The van der Waals surface area contributed by atoms with Crippen LogP contribution in [-0.4, -0.2) is 91.4 Å². The molecule has 6 aromatic rings. The topological polar surface area (TPSA) is 140 Å². The molecule has 3 N–H and O–H groups in total. The summed E-state index contributed by atoms with van der Waals surface area (Å²) in [7, 11) is 3.36. The molecule has 0 saturated carbocycles. The summed E-state index contributed by atoms with van der Waals surface area (Å²) in [5.74, 6) is 1.87. The number of alkyl carbamates (subject to hydrolysis) is 1. The number of nitrogens with one attached hydrogen (secondary N) is 3. The Balaban J connectivity index is 0.896. The Bertz CT molecular complexity index is 2490. The Morgan fingerprint density at radius 3 is 2.00 bits per heavy atom. The second-order valence-corrected chi connectivity index (χ2v) is 16.8. The third kappa shape index (κ3) is 7.46. The number of imidazole rings is 2. The highest BCUT2D eigenvalue weighted by Gasteiger charge is 2.45. The number of nitrogens with zero attached hydrogens (tertiary/aromatic N) is 5. The highest BCUT2D eigenvalue weighted by molar-refractivity contribution is 5.88. The normalized spacial score (nSPS) is 21.2. The van der Waals surface area contributed by atoms with Gasteiger partial charge >= 0.3 is 6.09 Å². The average molecular weight is 793 g/mol. The Kier molecular flexibility index (Phi) is 10.4. The molecule has 59 heavy (non-hydrogen) atoms. The lowest BCUT2D eigenvalue weighted by Gasteiger charge is -2.37. The monoisotopic (exact) mass is 792 g/mol. The number of methoxy groups -OCH3 is 1. The molecule has 3 fully saturated rings. The molecular formula is C47H52N8O4. The molecule has 12 heteroatoms. The molecule has 3 saturated heterocycles. The Morgan fingerprint density at radius 1 is 0.797 bits per heavy atom. The minimum absolute atomic E-state index is 0.0758. The zero-order chi connectivity index (χ0) is 40.8. The van der Waals surface area contributed by atoms with Gasteiger partial charge in [-0.3, -0.25) is 14.5 Å². The van der Waals surface area contributed by atoms with E-state index in [0.29, 0.717) is 13.0 Å². The molecule has 4 aromatic carbocycles. The lowest BCUT2D eigenvalue weighted by molar-refractivity contribution is -0.140. The number of likely N-dealkylation sites (N-methyl/N-ethyl adjacent to an activating group) is 1. The van der Waals surface area contributed by atoms with Crippen LogP contribution in [0.15, 0.2) is 91.0 Å². The maximum atomic E-state index is 14.2. The molecule has 0 unspecified atom stereocenters. The second-order valence-electron chi connectivity index (χ2n) is 16.8. The summed E-state index contributed by atoms with van der Waals surface area (Å²) in [5, 5.41) is 2.71. The number of piperidine rings is 1. The number of hydrogen-bond acceptors (Lipinski definition) is 7. The first-order valence-corrected chi connectivity index (χ1v) is 21.0.